The van der Waals surface area contributed by atoms with E-state index in [4.69, 9.17) is 4.98 Å². The van der Waals surface area contributed by atoms with Crippen molar-refractivity contribution in [1.82, 2.24) is 15.2 Å². The summed E-state index contributed by atoms with van der Waals surface area (Å²) < 4.78 is 0. The summed E-state index contributed by atoms with van der Waals surface area (Å²) in [5.41, 5.74) is 8.36. The fourth-order valence-corrected chi connectivity index (χ4v) is 4.34. The number of aryl methyl sites for hydroxylation is 2. The molecule has 5 nitrogen and oxygen atoms in total. The largest absolute Gasteiger partial charge is 0.390 e. The average Bonchev–Trinajstić information content (AvgIpc) is 2.93. The molecule has 1 aliphatic rings. The van der Waals surface area contributed by atoms with Crippen molar-refractivity contribution in [3.8, 4) is 11.3 Å². The second-order valence-corrected chi connectivity index (χ2v) is 9.58. The monoisotopic (exact) mass is 518 g/mol. The molecule has 1 aromatic heterocycles. The number of hydrogen-bond donors (Lipinski definition) is 2. The van der Waals surface area contributed by atoms with Gasteiger partial charge in [0.05, 0.1) is 11.3 Å². The summed E-state index contributed by atoms with van der Waals surface area (Å²) in [6.07, 6.45) is 10.6. The molecule has 0 amide bonds. The number of aliphatic imine (C=N–C) groups is 1. The van der Waals surface area contributed by atoms with E-state index in [0.29, 0.717) is 0 Å². The van der Waals surface area contributed by atoms with Gasteiger partial charge in [-0.15, -0.1) is 0 Å². The minimum Gasteiger partial charge on any atom is -0.390 e. The minimum absolute atomic E-state index is 0.342. The lowest BCUT2D eigenvalue weighted by Crippen LogP contribution is -2.41. The first-order valence-corrected chi connectivity index (χ1v) is 13.8. The van der Waals surface area contributed by atoms with Crippen molar-refractivity contribution in [2.45, 2.75) is 66.4 Å². The summed E-state index contributed by atoms with van der Waals surface area (Å²) in [5, 5.41) is 12.9. The van der Waals surface area contributed by atoms with Crippen LogP contribution < -0.4 is 5.32 Å². The van der Waals surface area contributed by atoms with Gasteiger partial charge in [0.2, 0.25) is 0 Å². The Morgan fingerprint density at radius 3 is 2.32 bits per heavy atom. The molecule has 0 radical (unpaired) electrons. The highest BCUT2D eigenvalue weighted by Crippen LogP contribution is 2.29. The van der Waals surface area contributed by atoms with Gasteiger partial charge in [0, 0.05) is 50.4 Å². The van der Waals surface area contributed by atoms with Crippen molar-refractivity contribution < 1.29 is 5.11 Å². The molecule has 2 N–H and O–H groups in total. The number of allylic oxidation sites excluding steroid dienone is 4. The van der Waals surface area contributed by atoms with E-state index in [1.165, 1.54) is 0 Å². The molecule has 0 unspecified atom stereocenters. The van der Waals surface area contributed by atoms with Crippen LogP contribution in [0.5, 0.6) is 0 Å². The van der Waals surface area contributed by atoms with Crippen molar-refractivity contribution in [2.75, 3.05) is 34.2 Å². The fraction of sp³-hybridized carbons (Fsp3) is 0.455. The molecule has 2 heterocycles. The molecule has 0 spiro atoms. The molecule has 3 rings (SSSR count). The predicted molar refractivity (Wildman–Crippen MR) is 168 cm³/mol. The quantitative estimate of drug-likeness (QED) is 0.303. The number of aliphatic hydroxyl groups is 1. The second kappa shape index (κ2) is 16.7. The number of nitrogens with zero attached hydrogens (tertiary/aromatic N) is 3. The standard InChI is InChI=1S/C24H29N3.C7H15NO.C2H6/c1-8-19(15-25-5)23-13-17(3)24(26-18(23)4)22-12-10-11-21(14-22)20(9-2)16-27(6)7;1-2-7(9)3-5-8-6-4-7;1-2/h8-16H,2H2,1,3-7H3;8-9H,2-6H2,1H3;1-2H3/b19-8+,20-16+,25-15?;;. The highest BCUT2D eigenvalue weighted by Gasteiger charge is 2.26. The van der Waals surface area contributed by atoms with E-state index in [0.717, 1.165) is 77.1 Å². The Hall–Kier alpha value is -3.02. The Morgan fingerprint density at radius 2 is 1.82 bits per heavy atom. The van der Waals surface area contributed by atoms with Crippen molar-refractivity contribution in [3.63, 3.8) is 0 Å². The topological polar surface area (TPSA) is 60.8 Å². The van der Waals surface area contributed by atoms with Crippen molar-refractivity contribution >= 4 is 17.4 Å². The Morgan fingerprint density at radius 1 is 1.16 bits per heavy atom. The molecule has 0 bridgehead atoms. The van der Waals surface area contributed by atoms with Gasteiger partial charge in [-0.25, -0.2) is 0 Å². The lowest BCUT2D eigenvalue weighted by atomic mass is 9.90. The number of pyridine rings is 1. The van der Waals surface area contributed by atoms with E-state index in [9.17, 15) is 5.11 Å². The molecule has 0 saturated carbocycles. The summed E-state index contributed by atoms with van der Waals surface area (Å²) in [7, 11) is 5.82. The number of benzene rings is 1. The third-order valence-electron chi connectivity index (χ3n) is 6.57. The number of nitrogens with one attached hydrogen (secondary N) is 1. The first-order valence-electron chi connectivity index (χ1n) is 13.8. The van der Waals surface area contributed by atoms with Crippen molar-refractivity contribution in [3.05, 3.63) is 77.6 Å². The maximum atomic E-state index is 9.64. The van der Waals surface area contributed by atoms with Crippen LogP contribution in [0.1, 0.15) is 69.3 Å². The normalized spacial score (nSPS) is 15.2. The van der Waals surface area contributed by atoms with Gasteiger partial charge >= 0.3 is 0 Å². The fourth-order valence-electron chi connectivity index (χ4n) is 4.34. The molecular formula is C33H50N4O. The predicted octanol–water partition coefficient (Wildman–Crippen LogP) is 7.09. The van der Waals surface area contributed by atoms with E-state index in [1.54, 1.807) is 7.05 Å². The number of hydrogen-bond acceptors (Lipinski definition) is 5. The minimum atomic E-state index is -0.342. The molecule has 38 heavy (non-hydrogen) atoms. The van der Waals surface area contributed by atoms with Crippen LogP contribution in [0.15, 0.2) is 60.3 Å². The number of piperidine rings is 1. The molecule has 2 aromatic rings. The molecule has 0 atom stereocenters. The summed E-state index contributed by atoms with van der Waals surface area (Å²) in [5.74, 6) is 0. The van der Waals surface area contributed by atoms with Gasteiger partial charge in [0.15, 0.2) is 0 Å². The zero-order valence-electron chi connectivity index (χ0n) is 25.2. The van der Waals surface area contributed by atoms with Crippen LogP contribution in [-0.4, -0.2) is 61.0 Å². The van der Waals surface area contributed by atoms with E-state index in [2.05, 4.69) is 73.3 Å². The third-order valence-corrected chi connectivity index (χ3v) is 6.57. The molecule has 208 valence electrons. The molecule has 0 aliphatic carbocycles. The maximum Gasteiger partial charge on any atom is 0.0734 e. The highest BCUT2D eigenvalue weighted by atomic mass is 16.3. The van der Waals surface area contributed by atoms with E-state index in [-0.39, 0.29) is 5.60 Å². The van der Waals surface area contributed by atoms with Gasteiger partial charge in [0.25, 0.3) is 0 Å². The molecule has 1 fully saturated rings. The molecule has 1 aliphatic heterocycles. The van der Waals surface area contributed by atoms with Gasteiger partial charge in [-0.2, -0.15) is 0 Å². The summed E-state index contributed by atoms with van der Waals surface area (Å²) in [6.45, 7) is 18.1. The Labute approximate surface area is 232 Å². The molecule has 5 heteroatoms. The van der Waals surface area contributed by atoms with E-state index in [1.807, 2.05) is 59.0 Å². The maximum absolute atomic E-state index is 9.64. The Bertz CT molecular complexity index is 1110. The molecule has 1 aromatic carbocycles. The second-order valence-electron chi connectivity index (χ2n) is 9.58. The number of rotatable bonds is 7. The zero-order valence-corrected chi connectivity index (χ0v) is 25.2. The van der Waals surface area contributed by atoms with E-state index < -0.39 is 0 Å². The Balaban J connectivity index is 0.000000548. The zero-order chi connectivity index (χ0) is 28.7. The van der Waals surface area contributed by atoms with Gasteiger partial charge in [-0.3, -0.25) is 9.98 Å². The first-order chi connectivity index (χ1) is 18.2. The van der Waals surface area contributed by atoms with Crippen LogP contribution in [0, 0.1) is 13.8 Å². The van der Waals surface area contributed by atoms with Gasteiger partial charge in [0.1, 0.15) is 0 Å². The van der Waals surface area contributed by atoms with Crippen molar-refractivity contribution in [2.24, 2.45) is 4.99 Å². The lowest BCUT2D eigenvalue weighted by molar-refractivity contribution is 0.00698. The van der Waals surface area contributed by atoms with Crippen molar-refractivity contribution in [1.29, 1.82) is 0 Å². The van der Waals surface area contributed by atoms with Crippen LogP contribution in [0.4, 0.5) is 0 Å². The molecular weight excluding hydrogens is 468 g/mol. The summed E-state index contributed by atoms with van der Waals surface area (Å²) >= 11 is 0. The Kier molecular flexibility index (Phi) is 14.5. The van der Waals surface area contributed by atoms with Crippen LogP contribution in [0.25, 0.3) is 22.4 Å². The molecule has 1 saturated heterocycles. The SMILES string of the molecule is C=C/C(=C\N(C)C)c1cccc(-c2nc(C)c(/C(C=NC)=C/C)cc2C)c1.CC.CCC1(O)CCNCC1. The van der Waals surface area contributed by atoms with Gasteiger partial charge in [-0.1, -0.05) is 57.7 Å². The smallest absolute Gasteiger partial charge is 0.0734 e. The average molecular weight is 519 g/mol. The van der Waals surface area contributed by atoms with Crippen LogP contribution in [-0.2, 0) is 0 Å². The van der Waals surface area contributed by atoms with Gasteiger partial charge in [-0.05, 0) is 87.5 Å². The highest BCUT2D eigenvalue weighted by molar-refractivity contribution is 6.10. The summed E-state index contributed by atoms with van der Waals surface area (Å²) in [6, 6.07) is 10.7. The summed E-state index contributed by atoms with van der Waals surface area (Å²) in [4.78, 5) is 11.1. The van der Waals surface area contributed by atoms with Gasteiger partial charge < -0.3 is 15.3 Å². The lowest BCUT2D eigenvalue weighted by Gasteiger charge is -2.31. The van der Waals surface area contributed by atoms with Crippen LogP contribution in [0.2, 0.25) is 0 Å². The third kappa shape index (κ3) is 9.70. The first kappa shape index (κ1) is 33.0. The van der Waals surface area contributed by atoms with Crippen LogP contribution in [0.3, 0.4) is 0 Å². The number of aromatic nitrogens is 1. The van der Waals surface area contributed by atoms with E-state index >= 15 is 0 Å². The van der Waals surface area contributed by atoms with Crippen LogP contribution >= 0.6 is 0 Å².